The second-order valence-corrected chi connectivity index (χ2v) is 6.10. The Morgan fingerprint density at radius 1 is 0.944 bits per heavy atom. The van der Waals surface area contributed by atoms with Gasteiger partial charge >= 0.3 is 0 Å². The minimum absolute atomic E-state index is 0.648. The monoisotopic (exact) mass is 254 g/mol. The van der Waals surface area contributed by atoms with Crippen molar-refractivity contribution in [2.24, 2.45) is 5.92 Å². The summed E-state index contributed by atoms with van der Waals surface area (Å²) < 4.78 is 1.33. The highest BCUT2D eigenvalue weighted by atomic mass is 15.3. The Balaban J connectivity index is 4.26. The fraction of sp³-hybridized carbons (Fsp3) is 0.882. The number of nitrogens with zero attached hydrogens (tertiary/aromatic N) is 1. The predicted molar refractivity (Wildman–Crippen MR) is 83.8 cm³/mol. The molecule has 1 atom stereocenters. The first kappa shape index (κ1) is 17.7. The predicted octanol–water partition coefficient (Wildman–Crippen LogP) is 5.03. The average Bonchev–Trinajstić information content (AvgIpc) is 2.35. The van der Waals surface area contributed by atoms with Crippen molar-refractivity contribution in [1.29, 1.82) is 0 Å². The van der Waals surface area contributed by atoms with Crippen LogP contribution in [0.3, 0.4) is 0 Å². The Bertz CT molecular complexity index is 220. The fourth-order valence-electron chi connectivity index (χ4n) is 2.71. The zero-order chi connectivity index (χ0) is 14.0. The topological polar surface area (TPSA) is 0 Å². The lowest BCUT2D eigenvalue weighted by molar-refractivity contribution is -0.927. The number of rotatable bonds is 11. The smallest absolute Gasteiger partial charge is 0.0789 e. The van der Waals surface area contributed by atoms with Gasteiger partial charge in [-0.3, -0.25) is 0 Å². The maximum atomic E-state index is 4.20. The third-order valence-electron chi connectivity index (χ3n) is 4.30. The van der Waals surface area contributed by atoms with Crippen molar-refractivity contribution in [2.75, 3.05) is 26.2 Å². The summed E-state index contributed by atoms with van der Waals surface area (Å²) in [5.74, 6) is 0.648. The van der Waals surface area contributed by atoms with E-state index in [-0.39, 0.29) is 0 Å². The molecule has 0 N–H and O–H groups in total. The van der Waals surface area contributed by atoms with E-state index < -0.39 is 0 Å². The summed E-state index contributed by atoms with van der Waals surface area (Å²) in [5.41, 5.74) is 1.43. The third-order valence-corrected chi connectivity index (χ3v) is 4.30. The summed E-state index contributed by atoms with van der Waals surface area (Å²) >= 11 is 0. The van der Waals surface area contributed by atoms with Gasteiger partial charge in [0, 0.05) is 6.42 Å². The summed E-state index contributed by atoms with van der Waals surface area (Å²) in [6.45, 7) is 21.1. The zero-order valence-corrected chi connectivity index (χ0v) is 13.6. The van der Waals surface area contributed by atoms with Crippen LogP contribution in [0, 0.1) is 5.92 Å². The van der Waals surface area contributed by atoms with E-state index in [9.17, 15) is 0 Å². The summed E-state index contributed by atoms with van der Waals surface area (Å²) in [7, 11) is 0. The molecule has 18 heavy (non-hydrogen) atoms. The number of unbranched alkanes of at least 4 members (excludes halogenated alkanes) is 1. The average molecular weight is 254 g/mol. The number of quaternary nitrogens is 1. The van der Waals surface area contributed by atoms with E-state index >= 15 is 0 Å². The quantitative estimate of drug-likeness (QED) is 0.358. The molecular formula is C17H36N+. The van der Waals surface area contributed by atoms with E-state index in [1.807, 2.05) is 0 Å². The third kappa shape index (κ3) is 6.58. The highest BCUT2D eigenvalue weighted by Crippen LogP contribution is 2.18. The molecule has 0 aliphatic carbocycles. The molecule has 108 valence electrons. The van der Waals surface area contributed by atoms with Gasteiger partial charge < -0.3 is 4.48 Å². The first-order valence-electron chi connectivity index (χ1n) is 8.04. The van der Waals surface area contributed by atoms with Crippen molar-refractivity contribution in [1.82, 2.24) is 0 Å². The van der Waals surface area contributed by atoms with Crippen LogP contribution in [-0.2, 0) is 0 Å². The first-order chi connectivity index (χ1) is 8.51. The van der Waals surface area contributed by atoms with Gasteiger partial charge in [-0.05, 0) is 32.1 Å². The van der Waals surface area contributed by atoms with E-state index in [4.69, 9.17) is 0 Å². The molecular weight excluding hydrogens is 218 g/mol. The SMILES string of the molecule is C=C(CCC[N+](CC)(CCC)CCCC)C(C)C. The molecule has 1 heteroatoms. The molecule has 0 saturated heterocycles. The molecule has 0 aromatic rings. The molecule has 0 aliphatic heterocycles. The van der Waals surface area contributed by atoms with Crippen molar-refractivity contribution in [3.05, 3.63) is 12.2 Å². The van der Waals surface area contributed by atoms with Crippen LogP contribution in [0.2, 0.25) is 0 Å². The maximum absolute atomic E-state index is 4.20. The molecule has 0 heterocycles. The fourth-order valence-corrected chi connectivity index (χ4v) is 2.71. The van der Waals surface area contributed by atoms with E-state index in [1.54, 1.807) is 0 Å². The van der Waals surface area contributed by atoms with Crippen molar-refractivity contribution < 1.29 is 4.48 Å². The summed E-state index contributed by atoms with van der Waals surface area (Å²) in [4.78, 5) is 0. The lowest BCUT2D eigenvalue weighted by atomic mass is 10.00. The Morgan fingerprint density at radius 3 is 2.00 bits per heavy atom. The minimum Gasteiger partial charge on any atom is -0.324 e. The summed E-state index contributed by atoms with van der Waals surface area (Å²) in [6.07, 6.45) is 6.53. The lowest BCUT2D eigenvalue weighted by Crippen LogP contribution is -2.49. The van der Waals surface area contributed by atoms with Crippen LogP contribution in [0.4, 0.5) is 0 Å². The molecule has 1 unspecified atom stereocenters. The second kappa shape index (κ2) is 9.61. The second-order valence-electron chi connectivity index (χ2n) is 6.10. The highest BCUT2D eigenvalue weighted by Gasteiger charge is 2.23. The Morgan fingerprint density at radius 2 is 1.56 bits per heavy atom. The van der Waals surface area contributed by atoms with Gasteiger partial charge in [-0.2, -0.15) is 0 Å². The van der Waals surface area contributed by atoms with Gasteiger partial charge in [0.05, 0.1) is 26.2 Å². The number of hydrogen-bond acceptors (Lipinski definition) is 0. The summed E-state index contributed by atoms with van der Waals surface area (Å²) in [6, 6.07) is 0. The Labute approximate surface area is 116 Å². The van der Waals surface area contributed by atoms with Gasteiger partial charge in [-0.25, -0.2) is 0 Å². The molecule has 1 nitrogen and oxygen atoms in total. The molecule has 0 aliphatic rings. The lowest BCUT2D eigenvalue weighted by Gasteiger charge is -2.38. The Hall–Kier alpha value is -0.300. The van der Waals surface area contributed by atoms with Crippen LogP contribution in [0.1, 0.15) is 66.7 Å². The molecule has 0 saturated carbocycles. The van der Waals surface area contributed by atoms with E-state index in [1.165, 1.54) is 68.3 Å². The van der Waals surface area contributed by atoms with Crippen LogP contribution in [0.25, 0.3) is 0 Å². The van der Waals surface area contributed by atoms with E-state index in [2.05, 4.69) is 41.2 Å². The van der Waals surface area contributed by atoms with Crippen molar-refractivity contribution >= 4 is 0 Å². The van der Waals surface area contributed by atoms with Gasteiger partial charge in [0.1, 0.15) is 0 Å². The van der Waals surface area contributed by atoms with E-state index in [0.717, 1.165) is 0 Å². The van der Waals surface area contributed by atoms with Crippen LogP contribution < -0.4 is 0 Å². The Kier molecular flexibility index (Phi) is 9.45. The van der Waals surface area contributed by atoms with Gasteiger partial charge in [-0.15, -0.1) is 0 Å². The molecule has 0 aromatic carbocycles. The first-order valence-corrected chi connectivity index (χ1v) is 8.04. The molecule has 0 fully saturated rings. The normalized spacial score (nSPS) is 14.8. The molecule has 0 amide bonds. The molecule has 0 rings (SSSR count). The van der Waals surface area contributed by atoms with Crippen molar-refractivity contribution in [2.45, 2.75) is 66.7 Å². The molecule has 0 spiro atoms. The van der Waals surface area contributed by atoms with Crippen molar-refractivity contribution in [3.8, 4) is 0 Å². The largest absolute Gasteiger partial charge is 0.324 e. The van der Waals surface area contributed by atoms with Gasteiger partial charge in [0.15, 0.2) is 0 Å². The van der Waals surface area contributed by atoms with Crippen LogP contribution in [-0.4, -0.2) is 30.7 Å². The van der Waals surface area contributed by atoms with Crippen LogP contribution >= 0.6 is 0 Å². The number of hydrogen-bond donors (Lipinski definition) is 0. The standard InChI is InChI=1S/C17H36N/c1-7-10-14-18(9-3,13-8-2)15-11-12-17(6)16(4)5/h16H,6-15H2,1-5H3/q+1. The summed E-state index contributed by atoms with van der Waals surface area (Å²) in [5, 5.41) is 0. The van der Waals surface area contributed by atoms with Crippen LogP contribution in [0.15, 0.2) is 12.2 Å². The van der Waals surface area contributed by atoms with Gasteiger partial charge in [-0.1, -0.05) is 46.3 Å². The van der Waals surface area contributed by atoms with Gasteiger partial charge in [0.2, 0.25) is 0 Å². The van der Waals surface area contributed by atoms with Gasteiger partial charge in [0.25, 0.3) is 0 Å². The van der Waals surface area contributed by atoms with Crippen molar-refractivity contribution in [3.63, 3.8) is 0 Å². The minimum atomic E-state index is 0.648. The van der Waals surface area contributed by atoms with E-state index in [0.29, 0.717) is 5.92 Å². The highest BCUT2D eigenvalue weighted by molar-refractivity contribution is 4.96. The molecule has 0 radical (unpaired) electrons. The van der Waals surface area contributed by atoms with Crippen LogP contribution in [0.5, 0.6) is 0 Å². The maximum Gasteiger partial charge on any atom is 0.0789 e. The number of allylic oxidation sites excluding steroid dienone is 1. The molecule has 0 aromatic heterocycles. The molecule has 0 bridgehead atoms. The zero-order valence-electron chi connectivity index (χ0n) is 13.6.